The van der Waals surface area contributed by atoms with Crippen LogP contribution < -0.4 is 4.74 Å². The average Bonchev–Trinajstić information content (AvgIpc) is 2.73. The Labute approximate surface area is 166 Å². The Morgan fingerprint density at radius 2 is 2.29 bits per heavy atom. The Balaban J connectivity index is 1.74. The van der Waals surface area contributed by atoms with Crippen LogP contribution >= 0.6 is 0 Å². The van der Waals surface area contributed by atoms with Gasteiger partial charge in [0.2, 0.25) is 0 Å². The van der Waals surface area contributed by atoms with Crippen molar-refractivity contribution >= 4 is 16.7 Å². The highest BCUT2D eigenvalue weighted by Crippen LogP contribution is 2.43. The maximum Gasteiger partial charge on any atom is 0.155 e. The van der Waals surface area contributed by atoms with Crippen molar-refractivity contribution < 1.29 is 14.3 Å². The van der Waals surface area contributed by atoms with E-state index in [9.17, 15) is 4.79 Å². The highest BCUT2D eigenvalue weighted by atomic mass is 16.5. The number of methoxy groups -OCH3 is 1. The van der Waals surface area contributed by atoms with Gasteiger partial charge in [0.15, 0.2) is 5.78 Å². The first-order chi connectivity index (χ1) is 13.6. The second-order valence-electron chi connectivity index (χ2n) is 7.96. The van der Waals surface area contributed by atoms with Crippen LogP contribution in [0.3, 0.4) is 0 Å². The molecule has 5 nitrogen and oxygen atoms in total. The Kier molecular flexibility index (Phi) is 5.47. The molecule has 3 aliphatic rings. The molecule has 0 N–H and O–H groups in total. The summed E-state index contributed by atoms with van der Waals surface area (Å²) in [6.07, 6.45) is 6.03. The number of carbonyl (C=O) groups excluding carboxylic acids is 1. The Bertz CT molecular complexity index is 881. The molecule has 2 aromatic rings. The van der Waals surface area contributed by atoms with Crippen molar-refractivity contribution in [1.82, 2.24) is 9.88 Å². The zero-order valence-electron chi connectivity index (χ0n) is 16.6. The molecular formula is C23H28N2O3. The summed E-state index contributed by atoms with van der Waals surface area (Å²) in [7, 11) is 1.67. The molecule has 2 bridgehead atoms. The van der Waals surface area contributed by atoms with E-state index in [1.165, 1.54) is 6.42 Å². The number of hydrogen-bond donors (Lipinski definition) is 0. The normalized spacial score (nSPS) is 27.5. The van der Waals surface area contributed by atoms with Gasteiger partial charge in [0, 0.05) is 24.2 Å². The molecule has 28 heavy (non-hydrogen) atoms. The minimum atomic E-state index is -0.171. The number of hydrogen-bond acceptors (Lipinski definition) is 5. The molecule has 1 aromatic carbocycles. The predicted octanol–water partition coefficient (Wildman–Crippen LogP) is 3.79. The van der Waals surface area contributed by atoms with E-state index in [0.717, 1.165) is 41.7 Å². The van der Waals surface area contributed by atoms with E-state index in [2.05, 4.69) is 22.5 Å². The molecule has 3 fully saturated rings. The van der Waals surface area contributed by atoms with Gasteiger partial charge in [-0.15, -0.1) is 6.58 Å². The molecule has 0 saturated carbocycles. The summed E-state index contributed by atoms with van der Waals surface area (Å²) in [4.78, 5) is 18.7. The van der Waals surface area contributed by atoms with Crippen LogP contribution in [0.2, 0.25) is 0 Å². The number of ketones is 1. The minimum absolute atomic E-state index is 0.0425. The standard InChI is InChI=1S/C23H28N2O3/c1-4-16-13-25-10-8-17(16)11-22(25)23(28-14-15(2)26)19-7-9-24-21-6-5-18(27-3)12-20(19)21/h4-7,9,12,16-17,22-23H,1,8,10-11,13-14H2,2-3H3/t16?,17?,22?,23-/m0/s1. The molecule has 5 atom stereocenters. The number of piperidine rings is 3. The topological polar surface area (TPSA) is 51.7 Å². The van der Waals surface area contributed by atoms with Gasteiger partial charge in [-0.05, 0) is 68.0 Å². The van der Waals surface area contributed by atoms with Crippen LogP contribution in [0.5, 0.6) is 5.75 Å². The van der Waals surface area contributed by atoms with Crippen LogP contribution in [0.25, 0.3) is 10.9 Å². The third kappa shape index (κ3) is 3.56. The lowest BCUT2D eigenvalue weighted by atomic mass is 9.73. The first-order valence-corrected chi connectivity index (χ1v) is 10.0. The molecular weight excluding hydrogens is 352 g/mol. The number of fused-ring (bicyclic) bond motifs is 4. The molecule has 1 aromatic heterocycles. The number of ether oxygens (including phenoxy) is 2. The molecule has 0 spiro atoms. The highest BCUT2D eigenvalue weighted by molar-refractivity contribution is 5.84. The zero-order chi connectivity index (χ0) is 19.7. The third-order valence-corrected chi connectivity index (χ3v) is 6.26. The van der Waals surface area contributed by atoms with Crippen LogP contribution in [0.4, 0.5) is 0 Å². The Morgan fingerprint density at radius 1 is 1.43 bits per heavy atom. The van der Waals surface area contributed by atoms with Gasteiger partial charge in [-0.2, -0.15) is 0 Å². The molecule has 5 heteroatoms. The van der Waals surface area contributed by atoms with Crippen molar-refractivity contribution in [3.63, 3.8) is 0 Å². The molecule has 0 radical (unpaired) electrons. The fourth-order valence-corrected chi connectivity index (χ4v) is 4.83. The quantitative estimate of drug-likeness (QED) is 0.684. The summed E-state index contributed by atoms with van der Waals surface area (Å²) >= 11 is 0. The van der Waals surface area contributed by atoms with E-state index < -0.39 is 0 Å². The largest absolute Gasteiger partial charge is 0.497 e. The van der Waals surface area contributed by atoms with Crippen LogP contribution in [0, 0.1) is 11.8 Å². The summed E-state index contributed by atoms with van der Waals surface area (Å²) in [5, 5.41) is 1.03. The molecule has 4 unspecified atom stereocenters. The highest BCUT2D eigenvalue weighted by Gasteiger charge is 2.43. The fraction of sp³-hybridized carbons (Fsp3) is 0.478. The number of benzene rings is 1. The molecule has 0 aliphatic carbocycles. The Hall–Kier alpha value is -2.24. The van der Waals surface area contributed by atoms with Gasteiger partial charge in [-0.25, -0.2) is 0 Å². The number of carbonyl (C=O) groups is 1. The number of nitrogens with zero attached hydrogens (tertiary/aromatic N) is 2. The average molecular weight is 380 g/mol. The first kappa shape index (κ1) is 19.1. The zero-order valence-corrected chi connectivity index (χ0v) is 16.6. The van der Waals surface area contributed by atoms with Gasteiger partial charge in [0.25, 0.3) is 0 Å². The Morgan fingerprint density at radius 3 is 2.96 bits per heavy atom. The van der Waals surface area contributed by atoms with Crippen molar-refractivity contribution in [3.05, 3.63) is 48.7 Å². The molecule has 3 saturated heterocycles. The van der Waals surface area contributed by atoms with Crippen molar-refractivity contribution in [1.29, 1.82) is 0 Å². The second kappa shape index (κ2) is 8.02. The predicted molar refractivity (Wildman–Crippen MR) is 109 cm³/mol. The lowest BCUT2D eigenvalue weighted by molar-refractivity contribution is -0.128. The van der Waals surface area contributed by atoms with E-state index >= 15 is 0 Å². The van der Waals surface area contributed by atoms with Crippen LogP contribution in [-0.2, 0) is 9.53 Å². The summed E-state index contributed by atoms with van der Waals surface area (Å²) in [5.74, 6) is 2.02. The van der Waals surface area contributed by atoms with Crippen molar-refractivity contribution in [2.75, 3.05) is 26.8 Å². The van der Waals surface area contributed by atoms with Crippen LogP contribution in [0.1, 0.15) is 31.4 Å². The molecule has 4 heterocycles. The van der Waals surface area contributed by atoms with Gasteiger partial charge in [-0.3, -0.25) is 14.7 Å². The van der Waals surface area contributed by atoms with Crippen LogP contribution in [-0.4, -0.2) is 48.5 Å². The lowest BCUT2D eigenvalue weighted by Crippen LogP contribution is -2.55. The summed E-state index contributed by atoms with van der Waals surface area (Å²) in [6, 6.07) is 8.20. The maximum absolute atomic E-state index is 11.7. The van der Waals surface area contributed by atoms with E-state index in [-0.39, 0.29) is 24.5 Å². The van der Waals surface area contributed by atoms with Gasteiger partial charge in [0.05, 0.1) is 18.7 Å². The maximum atomic E-state index is 11.7. The molecule has 3 aliphatic heterocycles. The monoisotopic (exact) mass is 380 g/mol. The summed E-state index contributed by atoms with van der Waals surface area (Å²) in [5.41, 5.74) is 1.99. The van der Waals surface area contributed by atoms with Gasteiger partial charge < -0.3 is 9.47 Å². The fourth-order valence-electron chi connectivity index (χ4n) is 4.83. The minimum Gasteiger partial charge on any atom is -0.497 e. The van der Waals surface area contributed by atoms with E-state index in [1.807, 2.05) is 30.5 Å². The van der Waals surface area contributed by atoms with Crippen molar-refractivity contribution in [2.24, 2.45) is 11.8 Å². The van der Waals surface area contributed by atoms with Gasteiger partial charge in [0.1, 0.15) is 12.4 Å². The number of aromatic nitrogens is 1. The summed E-state index contributed by atoms with van der Waals surface area (Å²) < 4.78 is 11.7. The number of pyridine rings is 1. The van der Waals surface area contributed by atoms with Crippen molar-refractivity contribution in [2.45, 2.75) is 31.9 Å². The van der Waals surface area contributed by atoms with Crippen molar-refractivity contribution in [3.8, 4) is 5.75 Å². The first-order valence-electron chi connectivity index (χ1n) is 10.0. The smallest absolute Gasteiger partial charge is 0.155 e. The third-order valence-electron chi connectivity index (χ3n) is 6.26. The van der Waals surface area contributed by atoms with E-state index in [0.29, 0.717) is 11.8 Å². The number of Topliss-reactive ketones (excluding diaryl/α,β-unsaturated/α-hetero) is 1. The van der Waals surface area contributed by atoms with E-state index in [4.69, 9.17) is 9.47 Å². The molecule has 5 rings (SSSR count). The second-order valence-corrected chi connectivity index (χ2v) is 7.96. The van der Waals surface area contributed by atoms with Crippen LogP contribution in [0.15, 0.2) is 43.1 Å². The molecule has 0 amide bonds. The molecule has 148 valence electrons. The van der Waals surface area contributed by atoms with Gasteiger partial charge >= 0.3 is 0 Å². The van der Waals surface area contributed by atoms with Gasteiger partial charge in [-0.1, -0.05) is 6.08 Å². The van der Waals surface area contributed by atoms with E-state index in [1.54, 1.807) is 14.0 Å². The summed E-state index contributed by atoms with van der Waals surface area (Å²) in [6.45, 7) is 7.82. The number of rotatable bonds is 7. The SMILES string of the molecule is C=CC1CN2CCC1CC2[C@@H](OCC(C)=O)c1ccnc2ccc(OC)cc12. The lowest BCUT2D eigenvalue weighted by Gasteiger charge is -2.51.